The molecule has 1 amide bonds. The first-order valence-electron chi connectivity index (χ1n) is 7.62. The highest BCUT2D eigenvalue weighted by atomic mass is 79.9. The minimum Gasteiger partial charge on any atom is -0.351 e. The molecular formula is C17H25BrN2O. The first-order chi connectivity index (χ1) is 9.83. The Morgan fingerprint density at radius 2 is 2.19 bits per heavy atom. The lowest BCUT2D eigenvalue weighted by atomic mass is 9.95. The molecule has 0 saturated carbocycles. The van der Waals surface area contributed by atoms with Gasteiger partial charge in [-0.25, -0.2) is 0 Å². The summed E-state index contributed by atoms with van der Waals surface area (Å²) in [7, 11) is 0. The largest absolute Gasteiger partial charge is 0.351 e. The number of nitrogens with one attached hydrogen (secondary N) is 1. The van der Waals surface area contributed by atoms with Crippen LogP contribution in [0.3, 0.4) is 0 Å². The predicted octanol–water partition coefficient (Wildman–Crippen LogP) is 3.58. The third kappa shape index (κ3) is 5.44. The van der Waals surface area contributed by atoms with E-state index in [-0.39, 0.29) is 17.4 Å². The quantitative estimate of drug-likeness (QED) is 0.901. The number of likely N-dealkylation sites (tertiary alicyclic amines) is 1. The highest BCUT2D eigenvalue weighted by molar-refractivity contribution is 9.10. The zero-order valence-electron chi connectivity index (χ0n) is 13.2. The number of piperidine rings is 1. The van der Waals surface area contributed by atoms with Crippen molar-refractivity contribution in [2.24, 2.45) is 5.92 Å². The Labute approximate surface area is 136 Å². The van der Waals surface area contributed by atoms with E-state index < -0.39 is 0 Å². The van der Waals surface area contributed by atoms with Crippen LogP contribution < -0.4 is 5.32 Å². The molecule has 2 rings (SSSR count). The molecule has 1 aromatic carbocycles. The van der Waals surface area contributed by atoms with Gasteiger partial charge in [-0.2, -0.15) is 0 Å². The molecule has 1 atom stereocenters. The van der Waals surface area contributed by atoms with Gasteiger partial charge in [-0.1, -0.05) is 28.1 Å². The Morgan fingerprint density at radius 1 is 1.43 bits per heavy atom. The number of carbonyl (C=O) groups excluding carboxylic acids is 1. The minimum absolute atomic E-state index is 0.116. The molecule has 1 unspecified atom stereocenters. The van der Waals surface area contributed by atoms with E-state index >= 15 is 0 Å². The number of carbonyl (C=O) groups is 1. The van der Waals surface area contributed by atoms with Gasteiger partial charge in [0.05, 0.1) is 5.92 Å². The molecule has 1 aromatic rings. The normalized spacial score (nSPS) is 20.3. The van der Waals surface area contributed by atoms with Crippen LogP contribution in [-0.2, 0) is 11.3 Å². The van der Waals surface area contributed by atoms with Crippen molar-refractivity contribution in [1.82, 2.24) is 10.2 Å². The van der Waals surface area contributed by atoms with Crippen molar-refractivity contribution in [1.29, 1.82) is 0 Å². The van der Waals surface area contributed by atoms with Gasteiger partial charge in [-0.05, 0) is 57.9 Å². The summed E-state index contributed by atoms with van der Waals surface area (Å²) in [6.07, 6.45) is 2.09. The summed E-state index contributed by atoms with van der Waals surface area (Å²) in [6.45, 7) is 8.95. The molecule has 3 nitrogen and oxygen atoms in total. The predicted molar refractivity (Wildman–Crippen MR) is 90.0 cm³/mol. The van der Waals surface area contributed by atoms with Crippen LogP contribution in [0.25, 0.3) is 0 Å². The van der Waals surface area contributed by atoms with E-state index in [1.807, 2.05) is 26.8 Å². The lowest BCUT2D eigenvalue weighted by molar-refractivity contribution is -0.128. The molecule has 1 fully saturated rings. The fourth-order valence-electron chi connectivity index (χ4n) is 2.78. The van der Waals surface area contributed by atoms with Crippen LogP contribution in [0.1, 0.15) is 39.2 Å². The number of amides is 1. The van der Waals surface area contributed by atoms with Crippen LogP contribution in [-0.4, -0.2) is 29.4 Å². The lowest BCUT2D eigenvalue weighted by Gasteiger charge is -2.33. The second-order valence-electron chi connectivity index (χ2n) is 6.94. The third-order valence-corrected chi connectivity index (χ3v) is 4.16. The number of hydrogen-bond acceptors (Lipinski definition) is 2. The zero-order chi connectivity index (χ0) is 15.5. The zero-order valence-corrected chi connectivity index (χ0v) is 14.7. The summed E-state index contributed by atoms with van der Waals surface area (Å²) in [5, 5.41) is 3.11. The van der Waals surface area contributed by atoms with Crippen molar-refractivity contribution in [3.63, 3.8) is 0 Å². The van der Waals surface area contributed by atoms with Gasteiger partial charge in [0.1, 0.15) is 0 Å². The molecule has 0 radical (unpaired) electrons. The van der Waals surface area contributed by atoms with Crippen molar-refractivity contribution in [2.45, 2.75) is 45.7 Å². The summed E-state index contributed by atoms with van der Waals surface area (Å²) < 4.78 is 1.11. The molecule has 116 valence electrons. The van der Waals surface area contributed by atoms with Crippen molar-refractivity contribution in [3.05, 3.63) is 34.3 Å². The maximum absolute atomic E-state index is 12.3. The third-order valence-electron chi connectivity index (χ3n) is 3.67. The Hall–Kier alpha value is -0.870. The average Bonchev–Trinajstić information content (AvgIpc) is 2.37. The molecule has 1 heterocycles. The number of nitrogens with zero attached hydrogens (tertiary/aromatic N) is 1. The molecule has 0 aromatic heterocycles. The van der Waals surface area contributed by atoms with Crippen LogP contribution >= 0.6 is 15.9 Å². The Morgan fingerprint density at radius 3 is 2.86 bits per heavy atom. The molecule has 1 aliphatic rings. The summed E-state index contributed by atoms with van der Waals surface area (Å²) in [5.41, 5.74) is 1.14. The van der Waals surface area contributed by atoms with Gasteiger partial charge >= 0.3 is 0 Å². The van der Waals surface area contributed by atoms with Gasteiger partial charge in [-0.15, -0.1) is 0 Å². The average molecular weight is 353 g/mol. The fourth-order valence-corrected chi connectivity index (χ4v) is 3.22. The van der Waals surface area contributed by atoms with Crippen molar-refractivity contribution in [2.75, 3.05) is 13.1 Å². The Bertz CT molecular complexity index is 496. The molecule has 1 saturated heterocycles. The summed E-state index contributed by atoms with van der Waals surface area (Å²) in [4.78, 5) is 14.7. The number of halogens is 1. The van der Waals surface area contributed by atoms with Crippen molar-refractivity contribution >= 4 is 21.8 Å². The van der Waals surface area contributed by atoms with Crippen molar-refractivity contribution < 1.29 is 4.79 Å². The SMILES string of the molecule is CC(C)(C)NC(=O)C1CCCN(Cc2cccc(Br)c2)C1. The summed E-state index contributed by atoms with van der Waals surface area (Å²) in [5.74, 6) is 0.312. The standard InChI is InChI=1S/C17H25BrN2O/c1-17(2,3)19-16(21)14-7-5-9-20(12-14)11-13-6-4-8-15(18)10-13/h4,6,8,10,14H,5,7,9,11-12H2,1-3H3,(H,19,21). The van der Waals surface area contributed by atoms with E-state index in [4.69, 9.17) is 0 Å². The maximum atomic E-state index is 12.3. The van der Waals surface area contributed by atoms with Crippen LogP contribution in [0.15, 0.2) is 28.7 Å². The van der Waals surface area contributed by atoms with E-state index in [0.29, 0.717) is 0 Å². The Kier molecular flexibility index (Phi) is 5.44. The van der Waals surface area contributed by atoms with E-state index in [1.165, 1.54) is 5.56 Å². The molecule has 21 heavy (non-hydrogen) atoms. The van der Waals surface area contributed by atoms with Gasteiger partial charge in [0, 0.05) is 23.1 Å². The molecule has 1 N–H and O–H groups in total. The molecule has 0 bridgehead atoms. The van der Waals surface area contributed by atoms with E-state index in [0.717, 1.165) is 36.9 Å². The molecular weight excluding hydrogens is 328 g/mol. The van der Waals surface area contributed by atoms with Gasteiger partial charge in [-0.3, -0.25) is 9.69 Å². The second-order valence-corrected chi connectivity index (χ2v) is 7.86. The van der Waals surface area contributed by atoms with Gasteiger partial charge < -0.3 is 5.32 Å². The maximum Gasteiger partial charge on any atom is 0.224 e. The van der Waals surface area contributed by atoms with Crippen molar-refractivity contribution in [3.8, 4) is 0 Å². The lowest BCUT2D eigenvalue weighted by Crippen LogP contribution is -2.48. The summed E-state index contributed by atoms with van der Waals surface area (Å²) in [6, 6.07) is 8.40. The van der Waals surface area contributed by atoms with Crippen LogP contribution in [0, 0.1) is 5.92 Å². The van der Waals surface area contributed by atoms with E-state index in [2.05, 4.69) is 44.3 Å². The van der Waals surface area contributed by atoms with E-state index in [9.17, 15) is 4.79 Å². The first kappa shape index (κ1) is 16.5. The Balaban J connectivity index is 1.93. The molecule has 4 heteroatoms. The summed E-state index contributed by atoms with van der Waals surface area (Å²) >= 11 is 3.51. The number of hydrogen-bond donors (Lipinski definition) is 1. The highest BCUT2D eigenvalue weighted by Crippen LogP contribution is 2.21. The van der Waals surface area contributed by atoms with Crippen LogP contribution in [0.2, 0.25) is 0 Å². The fraction of sp³-hybridized carbons (Fsp3) is 0.588. The van der Waals surface area contributed by atoms with Crippen LogP contribution in [0.5, 0.6) is 0 Å². The van der Waals surface area contributed by atoms with E-state index in [1.54, 1.807) is 0 Å². The molecule has 0 aliphatic carbocycles. The van der Waals surface area contributed by atoms with Crippen LogP contribution in [0.4, 0.5) is 0 Å². The second kappa shape index (κ2) is 6.93. The molecule has 1 aliphatic heterocycles. The topological polar surface area (TPSA) is 32.3 Å². The first-order valence-corrected chi connectivity index (χ1v) is 8.41. The van der Waals surface area contributed by atoms with Gasteiger partial charge in [0.2, 0.25) is 5.91 Å². The van der Waals surface area contributed by atoms with Gasteiger partial charge in [0.25, 0.3) is 0 Å². The number of rotatable bonds is 3. The minimum atomic E-state index is -0.149. The number of benzene rings is 1. The smallest absolute Gasteiger partial charge is 0.224 e. The highest BCUT2D eigenvalue weighted by Gasteiger charge is 2.27. The molecule has 0 spiro atoms. The van der Waals surface area contributed by atoms with Gasteiger partial charge in [0.15, 0.2) is 0 Å². The monoisotopic (exact) mass is 352 g/mol.